The summed E-state index contributed by atoms with van der Waals surface area (Å²) in [5.74, 6) is 0.308. The first-order valence-corrected chi connectivity index (χ1v) is 8.36. The molecular weight excluding hydrogens is 357 g/mol. The van der Waals surface area contributed by atoms with Crippen LogP contribution in [0.4, 0.5) is 13.2 Å². The summed E-state index contributed by atoms with van der Waals surface area (Å²) in [5, 5.41) is 3.86. The maximum Gasteiger partial charge on any atom is 0.282 e. The standard InChI is InChI=1S/C20H19F3N2O2/c1-13(27-12-14-3-6-16(26-2)7-4-14)17-11-15(21)5-8-19(17)25-10-9-18(24-25)20(22)23/h3-11,13,20H,12H2,1-2H3/t13-/m1/s1. The third kappa shape index (κ3) is 4.49. The van der Waals surface area contributed by atoms with Gasteiger partial charge in [-0.15, -0.1) is 0 Å². The van der Waals surface area contributed by atoms with Crippen molar-refractivity contribution in [1.29, 1.82) is 0 Å². The number of hydrogen-bond donors (Lipinski definition) is 0. The Balaban J connectivity index is 1.80. The molecular formula is C20H19F3N2O2. The van der Waals surface area contributed by atoms with Gasteiger partial charge in [0.15, 0.2) is 0 Å². The number of nitrogens with zero attached hydrogens (tertiary/aromatic N) is 2. The fourth-order valence-electron chi connectivity index (χ4n) is 2.68. The molecule has 0 radical (unpaired) electrons. The Kier molecular flexibility index (Phi) is 5.81. The van der Waals surface area contributed by atoms with Crippen LogP contribution in [-0.2, 0) is 11.3 Å². The van der Waals surface area contributed by atoms with Crippen LogP contribution in [0.5, 0.6) is 5.75 Å². The van der Waals surface area contributed by atoms with Gasteiger partial charge < -0.3 is 9.47 Å². The Hall–Kier alpha value is -2.80. The number of hydrogen-bond acceptors (Lipinski definition) is 3. The van der Waals surface area contributed by atoms with Crippen molar-refractivity contribution < 1.29 is 22.6 Å². The van der Waals surface area contributed by atoms with Crippen LogP contribution < -0.4 is 4.74 Å². The molecule has 3 rings (SSSR count). The Labute approximate surface area is 155 Å². The molecule has 0 saturated carbocycles. The van der Waals surface area contributed by atoms with E-state index in [2.05, 4.69) is 5.10 Å². The molecule has 0 N–H and O–H groups in total. The number of methoxy groups -OCH3 is 1. The normalized spacial score (nSPS) is 12.4. The monoisotopic (exact) mass is 376 g/mol. The number of aromatic nitrogens is 2. The molecule has 0 amide bonds. The van der Waals surface area contributed by atoms with Crippen molar-refractivity contribution in [2.24, 2.45) is 0 Å². The van der Waals surface area contributed by atoms with Crippen molar-refractivity contribution >= 4 is 0 Å². The largest absolute Gasteiger partial charge is 0.497 e. The number of alkyl halides is 2. The summed E-state index contributed by atoms with van der Waals surface area (Å²) >= 11 is 0. The van der Waals surface area contributed by atoms with Gasteiger partial charge in [-0.05, 0) is 48.9 Å². The lowest BCUT2D eigenvalue weighted by Gasteiger charge is -2.18. The molecule has 0 aliphatic rings. The van der Waals surface area contributed by atoms with Crippen LogP contribution in [0.1, 0.15) is 36.3 Å². The maximum atomic E-state index is 13.8. The lowest BCUT2D eigenvalue weighted by molar-refractivity contribution is 0.0522. The van der Waals surface area contributed by atoms with Gasteiger partial charge in [0.2, 0.25) is 0 Å². The molecule has 7 heteroatoms. The van der Waals surface area contributed by atoms with E-state index in [1.165, 1.54) is 35.1 Å². The molecule has 1 atom stereocenters. The Bertz CT molecular complexity index is 894. The zero-order valence-electron chi connectivity index (χ0n) is 14.9. The molecule has 0 spiro atoms. The van der Waals surface area contributed by atoms with Crippen LogP contribution in [0.2, 0.25) is 0 Å². The minimum Gasteiger partial charge on any atom is -0.497 e. The highest BCUT2D eigenvalue weighted by Gasteiger charge is 2.17. The zero-order valence-corrected chi connectivity index (χ0v) is 14.9. The SMILES string of the molecule is COc1ccc(CO[C@H](C)c2cc(F)ccc2-n2ccc(C(F)F)n2)cc1. The zero-order chi connectivity index (χ0) is 19.4. The number of rotatable bonds is 7. The smallest absolute Gasteiger partial charge is 0.282 e. The Morgan fingerprint density at radius 2 is 1.81 bits per heavy atom. The highest BCUT2D eigenvalue weighted by atomic mass is 19.3. The van der Waals surface area contributed by atoms with Crippen LogP contribution in [0, 0.1) is 5.82 Å². The average molecular weight is 376 g/mol. The quantitative estimate of drug-likeness (QED) is 0.566. The number of ether oxygens (including phenoxy) is 2. The molecule has 0 unspecified atom stereocenters. The van der Waals surface area contributed by atoms with Gasteiger partial charge in [0.25, 0.3) is 6.43 Å². The van der Waals surface area contributed by atoms with Crippen molar-refractivity contribution in [2.75, 3.05) is 7.11 Å². The van der Waals surface area contributed by atoms with Gasteiger partial charge in [0, 0.05) is 11.8 Å². The summed E-state index contributed by atoms with van der Waals surface area (Å²) in [4.78, 5) is 0. The maximum absolute atomic E-state index is 13.8. The molecule has 0 bridgehead atoms. The van der Waals surface area contributed by atoms with Gasteiger partial charge >= 0.3 is 0 Å². The lowest BCUT2D eigenvalue weighted by Crippen LogP contribution is -2.08. The molecule has 0 saturated heterocycles. The first-order valence-electron chi connectivity index (χ1n) is 8.36. The predicted molar refractivity (Wildman–Crippen MR) is 94.7 cm³/mol. The second-order valence-corrected chi connectivity index (χ2v) is 5.99. The topological polar surface area (TPSA) is 36.3 Å². The van der Waals surface area contributed by atoms with E-state index in [1.807, 2.05) is 24.3 Å². The molecule has 4 nitrogen and oxygen atoms in total. The molecule has 1 aromatic heterocycles. The van der Waals surface area contributed by atoms with Crippen LogP contribution in [0.15, 0.2) is 54.7 Å². The van der Waals surface area contributed by atoms with Crippen LogP contribution in [0.25, 0.3) is 5.69 Å². The van der Waals surface area contributed by atoms with Crippen LogP contribution in [-0.4, -0.2) is 16.9 Å². The van der Waals surface area contributed by atoms with E-state index in [1.54, 1.807) is 14.0 Å². The van der Waals surface area contributed by atoms with Gasteiger partial charge in [-0.2, -0.15) is 5.10 Å². The third-order valence-corrected chi connectivity index (χ3v) is 4.17. The van der Waals surface area contributed by atoms with Gasteiger partial charge in [-0.1, -0.05) is 12.1 Å². The van der Waals surface area contributed by atoms with Crippen molar-refractivity contribution in [3.8, 4) is 11.4 Å². The van der Waals surface area contributed by atoms with Gasteiger partial charge in [-0.3, -0.25) is 0 Å². The first kappa shape index (κ1) is 19.0. The van der Waals surface area contributed by atoms with E-state index in [9.17, 15) is 13.2 Å². The van der Waals surface area contributed by atoms with Gasteiger partial charge in [0.1, 0.15) is 17.3 Å². The minimum atomic E-state index is -2.67. The summed E-state index contributed by atoms with van der Waals surface area (Å²) < 4.78 is 51.7. The number of halogens is 3. The predicted octanol–water partition coefficient (Wildman–Crippen LogP) is 5.24. The minimum absolute atomic E-state index is 0.308. The van der Waals surface area contributed by atoms with E-state index in [-0.39, 0.29) is 5.69 Å². The molecule has 0 aliphatic heterocycles. The molecule has 142 valence electrons. The number of benzene rings is 2. The van der Waals surface area contributed by atoms with Crippen LogP contribution >= 0.6 is 0 Å². The molecule has 3 aromatic rings. The first-order chi connectivity index (χ1) is 13.0. The second-order valence-electron chi connectivity index (χ2n) is 5.99. The molecule has 27 heavy (non-hydrogen) atoms. The summed E-state index contributed by atoms with van der Waals surface area (Å²) in [6.45, 7) is 2.09. The second kappa shape index (κ2) is 8.26. The molecule has 0 fully saturated rings. The van der Waals surface area contributed by atoms with Crippen molar-refractivity contribution in [1.82, 2.24) is 9.78 Å². The van der Waals surface area contributed by atoms with Crippen LogP contribution in [0.3, 0.4) is 0 Å². The average Bonchev–Trinajstić information content (AvgIpc) is 3.16. The van der Waals surface area contributed by atoms with Crippen molar-refractivity contribution in [3.63, 3.8) is 0 Å². The highest BCUT2D eigenvalue weighted by molar-refractivity contribution is 5.42. The summed E-state index contributed by atoms with van der Waals surface area (Å²) in [7, 11) is 1.59. The van der Waals surface area contributed by atoms with E-state index in [0.29, 0.717) is 17.9 Å². The van der Waals surface area contributed by atoms with Gasteiger partial charge in [-0.25, -0.2) is 17.9 Å². The van der Waals surface area contributed by atoms with E-state index in [0.717, 1.165) is 11.3 Å². The molecule has 1 heterocycles. The lowest BCUT2D eigenvalue weighted by atomic mass is 10.1. The molecule has 0 aliphatic carbocycles. The fourth-order valence-corrected chi connectivity index (χ4v) is 2.68. The Morgan fingerprint density at radius 1 is 1.07 bits per heavy atom. The van der Waals surface area contributed by atoms with E-state index < -0.39 is 18.3 Å². The summed E-state index contributed by atoms with van der Waals surface area (Å²) in [6.07, 6.45) is -1.72. The van der Waals surface area contributed by atoms with E-state index >= 15 is 0 Å². The van der Waals surface area contributed by atoms with Crippen molar-refractivity contribution in [2.45, 2.75) is 26.1 Å². The third-order valence-electron chi connectivity index (χ3n) is 4.17. The van der Waals surface area contributed by atoms with E-state index in [4.69, 9.17) is 9.47 Å². The summed E-state index contributed by atoms with van der Waals surface area (Å²) in [5.41, 5.74) is 1.61. The fraction of sp³-hybridized carbons (Fsp3) is 0.250. The van der Waals surface area contributed by atoms with Crippen molar-refractivity contribution in [3.05, 3.63) is 77.4 Å². The molecule has 2 aromatic carbocycles. The summed E-state index contributed by atoms with van der Waals surface area (Å²) in [6, 6.07) is 12.7. The van der Waals surface area contributed by atoms with Gasteiger partial charge in [0.05, 0.1) is 25.5 Å². The Morgan fingerprint density at radius 3 is 2.44 bits per heavy atom. The highest BCUT2D eigenvalue weighted by Crippen LogP contribution is 2.27.